The van der Waals surface area contributed by atoms with E-state index in [4.69, 9.17) is 9.47 Å². The monoisotopic (exact) mass is 253 g/mol. The predicted octanol–water partition coefficient (Wildman–Crippen LogP) is 1.09. The lowest BCUT2D eigenvalue weighted by molar-refractivity contribution is -0.0433. The lowest BCUT2D eigenvalue weighted by Crippen LogP contribution is -2.24. The highest BCUT2D eigenvalue weighted by Crippen LogP contribution is 2.31. The number of hydrogen-bond donors (Lipinski definition) is 1. The Morgan fingerprint density at radius 1 is 1.44 bits per heavy atom. The lowest BCUT2D eigenvalue weighted by Gasteiger charge is -2.20. The Bertz CT molecular complexity index is 448. The molecule has 1 heterocycles. The average Bonchev–Trinajstić information content (AvgIpc) is 2.60. The van der Waals surface area contributed by atoms with Crippen LogP contribution in [0.1, 0.15) is 31.2 Å². The molecule has 0 saturated heterocycles. The van der Waals surface area contributed by atoms with E-state index in [1.54, 1.807) is 32.5 Å². The molecule has 0 radical (unpaired) electrons. The molecule has 18 heavy (non-hydrogen) atoms. The fraction of sp³-hybridized carbons (Fsp3) is 0.667. The van der Waals surface area contributed by atoms with Gasteiger partial charge in [0.25, 0.3) is 0 Å². The van der Waals surface area contributed by atoms with Crippen LogP contribution in [0.5, 0.6) is 5.88 Å². The van der Waals surface area contributed by atoms with Crippen LogP contribution in [0.4, 0.5) is 0 Å². The van der Waals surface area contributed by atoms with Gasteiger partial charge in [-0.25, -0.2) is 4.68 Å². The van der Waals surface area contributed by atoms with E-state index in [2.05, 4.69) is 11.2 Å². The van der Waals surface area contributed by atoms with Crippen LogP contribution in [0.25, 0.3) is 0 Å². The fourth-order valence-electron chi connectivity index (χ4n) is 1.69. The van der Waals surface area contributed by atoms with E-state index in [0.717, 1.165) is 0 Å². The van der Waals surface area contributed by atoms with Crippen molar-refractivity contribution in [1.82, 2.24) is 9.78 Å². The molecule has 0 saturated carbocycles. The molecule has 0 bridgehead atoms. The highest BCUT2D eigenvalue weighted by molar-refractivity contribution is 5.36. The van der Waals surface area contributed by atoms with Crippen LogP contribution in [0.2, 0.25) is 0 Å². The van der Waals surface area contributed by atoms with Crippen molar-refractivity contribution in [3.8, 4) is 11.9 Å². The summed E-state index contributed by atoms with van der Waals surface area (Å²) in [5.74, 6) is 0.497. The minimum absolute atomic E-state index is 0.445. The maximum absolute atomic E-state index is 9.43. The van der Waals surface area contributed by atoms with Gasteiger partial charge < -0.3 is 14.6 Å². The summed E-state index contributed by atoms with van der Waals surface area (Å²) in [6.07, 6.45) is -1.90. The predicted molar refractivity (Wildman–Crippen MR) is 65.1 cm³/mol. The second-order valence-electron chi connectivity index (χ2n) is 4.22. The number of rotatable bonds is 5. The van der Waals surface area contributed by atoms with E-state index in [1.807, 2.05) is 0 Å². The third kappa shape index (κ3) is 2.81. The zero-order valence-electron chi connectivity index (χ0n) is 11.3. The molecule has 0 aliphatic carbocycles. The molecule has 0 spiro atoms. The summed E-state index contributed by atoms with van der Waals surface area (Å²) in [4.78, 5) is 0. The molecule has 0 fully saturated rings. The first-order valence-electron chi connectivity index (χ1n) is 5.73. The Labute approximate surface area is 107 Å². The molecule has 0 amide bonds. The van der Waals surface area contributed by atoms with Gasteiger partial charge >= 0.3 is 0 Å². The zero-order chi connectivity index (χ0) is 13.9. The molecule has 0 aliphatic heterocycles. The number of ether oxygens (including phenoxy) is 2. The molecule has 3 atom stereocenters. The van der Waals surface area contributed by atoms with E-state index in [-0.39, 0.29) is 0 Å². The highest BCUT2D eigenvalue weighted by atomic mass is 16.5. The second-order valence-corrected chi connectivity index (χ2v) is 4.22. The highest BCUT2D eigenvalue weighted by Gasteiger charge is 2.26. The molecule has 0 aliphatic rings. The number of aryl methyl sites for hydroxylation is 2. The molecule has 1 aromatic rings. The molecule has 3 unspecified atom stereocenters. The molecule has 6 heteroatoms. The van der Waals surface area contributed by atoms with Crippen molar-refractivity contribution >= 4 is 0 Å². The first kappa shape index (κ1) is 14.5. The number of hydrogen-bond acceptors (Lipinski definition) is 5. The van der Waals surface area contributed by atoms with Crippen LogP contribution in [0, 0.1) is 18.3 Å². The zero-order valence-corrected chi connectivity index (χ0v) is 11.3. The Morgan fingerprint density at radius 3 is 2.50 bits per heavy atom. The van der Waals surface area contributed by atoms with Crippen molar-refractivity contribution in [2.45, 2.75) is 39.1 Å². The minimum Gasteiger partial charge on any atom is -0.481 e. The first-order chi connectivity index (χ1) is 8.42. The number of nitriles is 1. The largest absolute Gasteiger partial charge is 0.481 e. The second kappa shape index (κ2) is 5.85. The molecule has 100 valence electrons. The summed E-state index contributed by atoms with van der Waals surface area (Å²) in [5.41, 5.74) is 1.29. The standard InChI is InChI=1S/C12H19N3O3/c1-7-11(12(17-5)15(4)14-7)10(6-13)18-9(3)8(2)16/h8-10,16H,1-5H3. The normalized spacial score (nSPS) is 15.8. The van der Waals surface area contributed by atoms with Gasteiger partial charge in [-0.15, -0.1) is 0 Å². The quantitative estimate of drug-likeness (QED) is 0.849. The maximum Gasteiger partial charge on any atom is 0.218 e. The SMILES string of the molecule is COc1c(C(C#N)OC(C)C(C)O)c(C)nn1C. The Hall–Kier alpha value is -1.58. The number of nitrogens with zero attached hydrogens (tertiary/aromatic N) is 3. The lowest BCUT2D eigenvalue weighted by atomic mass is 10.1. The molecule has 1 rings (SSSR count). The third-order valence-corrected chi connectivity index (χ3v) is 2.82. The van der Waals surface area contributed by atoms with Gasteiger partial charge in [0.15, 0.2) is 6.10 Å². The Morgan fingerprint density at radius 2 is 2.06 bits per heavy atom. The van der Waals surface area contributed by atoms with Crippen LogP contribution in [0.3, 0.4) is 0 Å². The van der Waals surface area contributed by atoms with Gasteiger partial charge in [-0.1, -0.05) is 0 Å². The van der Waals surface area contributed by atoms with E-state index >= 15 is 0 Å². The maximum atomic E-state index is 9.43. The summed E-state index contributed by atoms with van der Waals surface area (Å²) in [6.45, 7) is 5.12. The van der Waals surface area contributed by atoms with Crippen molar-refractivity contribution in [3.63, 3.8) is 0 Å². The Kier molecular flexibility index (Phi) is 4.70. The molecular weight excluding hydrogens is 234 g/mol. The van der Waals surface area contributed by atoms with Crippen LogP contribution in [0.15, 0.2) is 0 Å². The summed E-state index contributed by atoms with van der Waals surface area (Å²) in [7, 11) is 3.26. The molecular formula is C12H19N3O3. The van der Waals surface area contributed by atoms with Crippen molar-refractivity contribution in [2.75, 3.05) is 7.11 Å². The summed E-state index contributed by atoms with van der Waals surface area (Å²) in [5, 5.41) is 22.8. The van der Waals surface area contributed by atoms with Gasteiger partial charge in [0.2, 0.25) is 5.88 Å². The number of aromatic nitrogens is 2. The molecule has 6 nitrogen and oxygen atoms in total. The van der Waals surface area contributed by atoms with Gasteiger partial charge in [0.05, 0.1) is 36.6 Å². The molecule has 1 aromatic heterocycles. The Balaban J connectivity index is 3.06. The van der Waals surface area contributed by atoms with Crippen LogP contribution >= 0.6 is 0 Å². The average molecular weight is 253 g/mol. The van der Waals surface area contributed by atoms with Crippen LogP contribution in [-0.2, 0) is 11.8 Å². The van der Waals surface area contributed by atoms with E-state index in [1.165, 1.54) is 7.11 Å². The van der Waals surface area contributed by atoms with Crippen molar-refractivity contribution in [1.29, 1.82) is 5.26 Å². The topological polar surface area (TPSA) is 80.3 Å². The van der Waals surface area contributed by atoms with Crippen molar-refractivity contribution < 1.29 is 14.6 Å². The summed E-state index contributed by atoms with van der Waals surface area (Å²) >= 11 is 0. The van der Waals surface area contributed by atoms with Gasteiger partial charge in [-0.3, -0.25) is 0 Å². The van der Waals surface area contributed by atoms with Crippen LogP contribution < -0.4 is 4.74 Å². The third-order valence-electron chi connectivity index (χ3n) is 2.82. The fourth-order valence-corrected chi connectivity index (χ4v) is 1.69. The van der Waals surface area contributed by atoms with Gasteiger partial charge in [0.1, 0.15) is 0 Å². The smallest absolute Gasteiger partial charge is 0.218 e. The van der Waals surface area contributed by atoms with E-state index in [0.29, 0.717) is 17.1 Å². The van der Waals surface area contributed by atoms with Crippen molar-refractivity contribution in [2.24, 2.45) is 7.05 Å². The van der Waals surface area contributed by atoms with E-state index in [9.17, 15) is 10.4 Å². The summed E-state index contributed by atoms with van der Waals surface area (Å²) in [6, 6.07) is 2.07. The number of aliphatic hydroxyl groups excluding tert-OH is 1. The summed E-state index contributed by atoms with van der Waals surface area (Å²) < 4.78 is 12.3. The van der Waals surface area contributed by atoms with Crippen molar-refractivity contribution in [3.05, 3.63) is 11.3 Å². The number of methoxy groups -OCH3 is 1. The number of aliphatic hydroxyl groups is 1. The van der Waals surface area contributed by atoms with Crippen LogP contribution in [-0.4, -0.2) is 34.2 Å². The van der Waals surface area contributed by atoms with Gasteiger partial charge in [0, 0.05) is 7.05 Å². The van der Waals surface area contributed by atoms with Gasteiger partial charge in [-0.2, -0.15) is 10.4 Å². The molecule has 1 N–H and O–H groups in total. The van der Waals surface area contributed by atoms with Gasteiger partial charge in [-0.05, 0) is 20.8 Å². The van der Waals surface area contributed by atoms with E-state index < -0.39 is 18.3 Å². The molecule has 0 aromatic carbocycles. The first-order valence-corrected chi connectivity index (χ1v) is 5.73. The minimum atomic E-state index is -0.807.